The van der Waals surface area contributed by atoms with E-state index >= 15 is 0 Å². The first-order valence-electron chi connectivity index (χ1n) is 4.02. The second kappa shape index (κ2) is 4.06. The molecule has 14 heavy (non-hydrogen) atoms. The average Bonchev–Trinajstić information content (AvgIpc) is 2.61. The van der Waals surface area contributed by atoms with E-state index in [-0.39, 0.29) is 13.6 Å². The van der Waals surface area contributed by atoms with E-state index in [1.807, 2.05) is 6.07 Å². The molecule has 0 amide bonds. The molecule has 0 aliphatic carbocycles. The standard InChI is InChI=1S/C9H9BrO4/c1-11-4-12-7-3-9-8(2-6(7)10)13-5-14-9/h2-3H,4-5H2,1H3. The number of hydrogen-bond donors (Lipinski definition) is 0. The molecule has 0 saturated heterocycles. The SMILES string of the molecule is COCOc1cc2c(cc1Br)OCO2. The first kappa shape index (κ1) is 9.61. The smallest absolute Gasteiger partial charge is 0.231 e. The van der Waals surface area contributed by atoms with E-state index in [0.29, 0.717) is 11.5 Å². The lowest BCUT2D eigenvalue weighted by Gasteiger charge is -2.07. The van der Waals surface area contributed by atoms with Gasteiger partial charge >= 0.3 is 0 Å². The zero-order valence-corrected chi connectivity index (χ0v) is 9.17. The quantitative estimate of drug-likeness (QED) is 0.781. The maximum Gasteiger partial charge on any atom is 0.231 e. The van der Waals surface area contributed by atoms with Crippen molar-refractivity contribution >= 4 is 15.9 Å². The lowest BCUT2D eigenvalue weighted by molar-refractivity contribution is 0.0504. The van der Waals surface area contributed by atoms with Crippen LogP contribution in [0.2, 0.25) is 0 Å². The summed E-state index contributed by atoms with van der Waals surface area (Å²) in [5.74, 6) is 2.09. The van der Waals surface area contributed by atoms with Gasteiger partial charge in [-0.2, -0.15) is 0 Å². The van der Waals surface area contributed by atoms with Crippen LogP contribution < -0.4 is 14.2 Å². The summed E-state index contributed by atoms with van der Waals surface area (Å²) in [5.41, 5.74) is 0. The summed E-state index contributed by atoms with van der Waals surface area (Å²) in [6.07, 6.45) is 0. The minimum absolute atomic E-state index is 0.207. The van der Waals surface area contributed by atoms with E-state index < -0.39 is 0 Å². The van der Waals surface area contributed by atoms with Crippen LogP contribution in [0.3, 0.4) is 0 Å². The summed E-state index contributed by atoms with van der Waals surface area (Å²) in [6.45, 7) is 0.466. The van der Waals surface area contributed by atoms with Gasteiger partial charge in [0, 0.05) is 19.2 Å². The summed E-state index contributed by atoms with van der Waals surface area (Å²) in [7, 11) is 1.57. The molecule has 0 N–H and O–H groups in total. The molecular weight excluding hydrogens is 252 g/mol. The van der Waals surface area contributed by atoms with Crippen LogP contribution in [0.4, 0.5) is 0 Å². The van der Waals surface area contributed by atoms with Crippen LogP contribution in [-0.4, -0.2) is 20.7 Å². The molecule has 5 heteroatoms. The lowest BCUT2D eigenvalue weighted by Crippen LogP contribution is -1.99. The van der Waals surface area contributed by atoms with Crippen molar-refractivity contribution in [3.8, 4) is 17.2 Å². The van der Waals surface area contributed by atoms with E-state index in [1.165, 1.54) is 0 Å². The largest absolute Gasteiger partial charge is 0.466 e. The Morgan fingerprint density at radius 3 is 2.79 bits per heavy atom. The van der Waals surface area contributed by atoms with Gasteiger partial charge in [0.05, 0.1) is 4.47 Å². The summed E-state index contributed by atoms with van der Waals surface area (Å²) in [5, 5.41) is 0. The van der Waals surface area contributed by atoms with Crippen molar-refractivity contribution in [2.24, 2.45) is 0 Å². The van der Waals surface area contributed by atoms with Crippen LogP contribution in [0.25, 0.3) is 0 Å². The Labute approximate surface area is 89.8 Å². The zero-order valence-electron chi connectivity index (χ0n) is 7.58. The van der Waals surface area contributed by atoms with E-state index in [2.05, 4.69) is 15.9 Å². The molecule has 1 heterocycles. The van der Waals surface area contributed by atoms with Crippen molar-refractivity contribution in [3.63, 3.8) is 0 Å². The molecule has 4 nitrogen and oxygen atoms in total. The van der Waals surface area contributed by atoms with Gasteiger partial charge in [0.1, 0.15) is 5.75 Å². The van der Waals surface area contributed by atoms with E-state index in [1.54, 1.807) is 13.2 Å². The van der Waals surface area contributed by atoms with Gasteiger partial charge in [-0.15, -0.1) is 0 Å². The molecule has 1 aromatic rings. The van der Waals surface area contributed by atoms with Gasteiger partial charge in [0.2, 0.25) is 6.79 Å². The summed E-state index contributed by atoms with van der Waals surface area (Å²) >= 11 is 3.36. The van der Waals surface area contributed by atoms with Crippen molar-refractivity contribution < 1.29 is 18.9 Å². The molecule has 0 spiro atoms. The molecule has 1 aromatic carbocycles. The third-order valence-electron chi connectivity index (χ3n) is 1.76. The Morgan fingerprint density at radius 1 is 1.36 bits per heavy atom. The third-order valence-corrected chi connectivity index (χ3v) is 2.38. The molecular formula is C9H9BrO4. The summed E-state index contributed by atoms with van der Waals surface area (Å²) < 4.78 is 21.3. The van der Waals surface area contributed by atoms with Crippen LogP contribution in [0.5, 0.6) is 17.2 Å². The van der Waals surface area contributed by atoms with Crippen molar-refractivity contribution in [2.75, 3.05) is 20.7 Å². The Balaban J connectivity index is 2.23. The van der Waals surface area contributed by atoms with Gasteiger partial charge in [-0.25, -0.2) is 0 Å². The van der Waals surface area contributed by atoms with Crippen LogP contribution in [-0.2, 0) is 4.74 Å². The van der Waals surface area contributed by atoms with E-state index in [4.69, 9.17) is 18.9 Å². The normalized spacial score (nSPS) is 13.0. The van der Waals surface area contributed by atoms with E-state index in [9.17, 15) is 0 Å². The molecule has 0 atom stereocenters. The minimum Gasteiger partial charge on any atom is -0.466 e. The number of ether oxygens (including phenoxy) is 4. The second-order valence-electron chi connectivity index (χ2n) is 2.69. The molecule has 2 rings (SSSR count). The Hall–Kier alpha value is -0.940. The summed E-state index contributed by atoms with van der Waals surface area (Å²) in [4.78, 5) is 0. The van der Waals surface area contributed by atoms with Crippen molar-refractivity contribution in [3.05, 3.63) is 16.6 Å². The molecule has 1 aliphatic heterocycles. The van der Waals surface area contributed by atoms with Crippen LogP contribution in [0, 0.1) is 0 Å². The monoisotopic (exact) mass is 260 g/mol. The highest BCUT2D eigenvalue weighted by atomic mass is 79.9. The predicted octanol–water partition coefficient (Wildman–Crippen LogP) is 2.16. The lowest BCUT2D eigenvalue weighted by atomic mass is 10.3. The van der Waals surface area contributed by atoms with Gasteiger partial charge in [0.25, 0.3) is 0 Å². The fraction of sp³-hybridized carbons (Fsp3) is 0.333. The average molecular weight is 261 g/mol. The van der Waals surface area contributed by atoms with Crippen LogP contribution >= 0.6 is 15.9 Å². The maximum absolute atomic E-state index is 5.31. The predicted molar refractivity (Wildman–Crippen MR) is 52.8 cm³/mol. The Kier molecular flexibility index (Phi) is 2.79. The minimum atomic E-state index is 0.207. The second-order valence-corrected chi connectivity index (χ2v) is 3.54. The van der Waals surface area contributed by atoms with Gasteiger partial charge < -0.3 is 18.9 Å². The van der Waals surface area contributed by atoms with Crippen LogP contribution in [0.1, 0.15) is 0 Å². The van der Waals surface area contributed by atoms with Crippen molar-refractivity contribution in [1.82, 2.24) is 0 Å². The molecule has 76 valence electrons. The Bertz CT molecular complexity index is 340. The van der Waals surface area contributed by atoms with E-state index in [0.717, 1.165) is 10.2 Å². The number of methoxy groups -OCH3 is 1. The highest BCUT2D eigenvalue weighted by Crippen LogP contribution is 2.40. The summed E-state index contributed by atoms with van der Waals surface area (Å²) in [6, 6.07) is 3.58. The topological polar surface area (TPSA) is 36.9 Å². The fourth-order valence-electron chi connectivity index (χ4n) is 1.13. The molecule has 1 aliphatic rings. The number of halogens is 1. The molecule has 0 unspecified atom stereocenters. The zero-order chi connectivity index (χ0) is 9.97. The Morgan fingerprint density at radius 2 is 2.07 bits per heavy atom. The van der Waals surface area contributed by atoms with Gasteiger partial charge in [-0.1, -0.05) is 0 Å². The van der Waals surface area contributed by atoms with Crippen molar-refractivity contribution in [2.45, 2.75) is 0 Å². The molecule has 0 radical (unpaired) electrons. The van der Waals surface area contributed by atoms with Crippen LogP contribution in [0.15, 0.2) is 16.6 Å². The number of rotatable bonds is 3. The highest BCUT2D eigenvalue weighted by molar-refractivity contribution is 9.10. The molecule has 0 fully saturated rings. The first-order chi connectivity index (χ1) is 6.81. The molecule has 0 saturated carbocycles. The highest BCUT2D eigenvalue weighted by Gasteiger charge is 2.16. The van der Waals surface area contributed by atoms with Gasteiger partial charge in [-0.05, 0) is 15.9 Å². The number of fused-ring (bicyclic) bond motifs is 1. The fourth-order valence-corrected chi connectivity index (χ4v) is 1.57. The third kappa shape index (κ3) is 1.78. The van der Waals surface area contributed by atoms with Gasteiger partial charge in [0.15, 0.2) is 18.3 Å². The molecule has 0 aromatic heterocycles. The first-order valence-corrected chi connectivity index (χ1v) is 4.81. The van der Waals surface area contributed by atoms with Crippen molar-refractivity contribution in [1.29, 1.82) is 0 Å². The number of hydrogen-bond acceptors (Lipinski definition) is 4. The van der Waals surface area contributed by atoms with Gasteiger partial charge in [-0.3, -0.25) is 0 Å². The number of benzene rings is 1. The maximum atomic E-state index is 5.31. The molecule has 0 bridgehead atoms.